The summed E-state index contributed by atoms with van der Waals surface area (Å²) in [5.74, 6) is 0.166. The number of nitrogens with zero attached hydrogens (tertiary/aromatic N) is 2. The molecule has 0 bridgehead atoms. The Morgan fingerprint density at radius 3 is 2.03 bits per heavy atom. The Labute approximate surface area is 209 Å². The van der Waals surface area contributed by atoms with Crippen molar-refractivity contribution in [2.45, 2.75) is 84.2 Å². The van der Waals surface area contributed by atoms with Crippen LogP contribution < -0.4 is 4.74 Å². The number of aromatic nitrogens is 2. The number of hydrogen-bond donors (Lipinski definition) is 0. The second-order valence-corrected chi connectivity index (χ2v) is 9.37. The third kappa shape index (κ3) is 7.98. The van der Waals surface area contributed by atoms with Gasteiger partial charge in [-0.2, -0.15) is 0 Å². The summed E-state index contributed by atoms with van der Waals surface area (Å²) in [5.41, 5.74) is 2.09. The summed E-state index contributed by atoms with van der Waals surface area (Å²) < 4.78 is 20.0. The second-order valence-electron chi connectivity index (χ2n) is 9.37. The van der Waals surface area contributed by atoms with Crippen molar-refractivity contribution in [3.8, 4) is 28.3 Å². The normalized spacial score (nSPS) is 12.8. The lowest BCUT2D eigenvalue weighted by Crippen LogP contribution is -2.34. The molecule has 0 fully saturated rings. The molecule has 2 aromatic carbocycles. The van der Waals surface area contributed by atoms with E-state index in [-0.39, 0.29) is 6.42 Å². The second kappa shape index (κ2) is 13.1. The molecule has 0 radical (unpaired) electrons. The molecule has 0 saturated carbocycles. The zero-order valence-corrected chi connectivity index (χ0v) is 21.2. The van der Waals surface area contributed by atoms with E-state index in [4.69, 9.17) is 4.74 Å². The van der Waals surface area contributed by atoms with E-state index in [1.165, 1.54) is 31.7 Å². The van der Waals surface area contributed by atoms with Crippen LogP contribution in [0.4, 0.5) is 4.39 Å². The average molecular weight is 477 g/mol. The Balaban J connectivity index is 1.58. The van der Waals surface area contributed by atoms with Crippen molar-refractivity contribution in [3.05, 3.63) is 66.5 Å². The van der Waals surface area contributed by atoms with Crippen LogP contribution in [-0.2, 0) is 11.2 Å². The minimum absolute atomic E-state index is 0.176. The monoisotopic (exact) mass is 476 g/mol. The molecule has 1 atom stereocenters. The number of esters is 1. The molecule has 0 amide bonds. The van der Waals surface area contributed by atoms with Crippen LogP contribution in [0, 0.1) is 0 Å². The van der Waals surface area contributed by atoms with Crippen molar-refractivity contribution in [1.29, 1.82) is 0 Å². The molecule has 3 aromatic rings. The van der Waals surface area contributed by atoms with Gasteiger partial charge in [0.25, 0.3) is 0 Å². The van der Waals surface area contributed by atoms with Crippen molar-refractivity contribution < 1.29 is 13.9 Å². The summed E-state index contributed by atoms with van der Waals surface area (Å²) in [5, 5.41) is 0. The van der Waals surface area contributed by atoms with Crippen LogP contribution in [0.5, 0.6) is 5.75 Å². The Morgan fingerprint density at radius 1 is 0.800 bits per heavy atom. The lowest BCUT2D eigenvalue weighted by molar-refractivity contribution is -0.147. The van der Waals surface area contributed by atoms with Gasteiger partial charge in [-0.25, -0.2) is 19.2 Å². The summed E-state index contributed by atoms with van der Waals surface area (Å²) in [4.78, 5) is 21.4. The number of hydrogen-bond acceptors (Lipinski definition) is 4. The lowest BCUT2D eigenvalue weighted by Gasteiger charge is -2.18. The van der Waals surface area contributed by atoms with Crippen LogP contribution in [0.1, 0.15) is 77.7 Å². The molecule has 0 spiro atoms. The fraction of sp³-hybridized carbons (Fsp3) is 0.433. The van der Waals surface area contributed by atoms with E-state index in [0.717, 1.165) is 42.4 Å². The SMILES string of the molecule is CCCCCCC(C)(F)C(=O)Oc1ccc(-c2cnc(-c3ccc(CCCCC)cc3)nc2)cc1. The van der Waals surface area contributed by atoms with Gasteiger partial charge < -0.3 is 4.74 Å². The summed E-state index contributed by atoms with van der Waals surface area (Å²) in [6.07, 6.45) is 12.2. The van der Waals surface area contributed by atoms with E-state index in [9.17, 15) is 9.18 Å². The largest absolute Gasteiger partial charge is 0.424 e. The molecular weight excluding hydrogens is 439 g/mol. The van der Waals surface area contributed by atoms with Gasteiger partial charge in [-0.3, -0.25) is 0 Å². The van der Waals surface area contributed by atoms with Gasteiger partial charge in [0, 0.05) is 23.5 Å². The van der Waals surface area contributed by atoms with Gasteiger partial charge in [0.1, 0.15) is 5.75 Å². The highest BCUT2D eigenvalue weighted by Gasteiger charge is 2.34. The van der Waals surface area contributed by atoms with Gasteiger partial charge in [-0.1, -0.05) is 82.3 Å². The summed E-state index contributed by atoms with van der Waals surface area (Å²) >= 11 is 0. The fourth-order valence-corrected chi connectivity index (χ4v) is 3.94. The Kier molecular flexibility index (Phi) is 9.95. The molecule has 1 heterocycles. The first kappa shape index (κ1) is 26.5. The molecule has 3 rings (SSSR count). The van der Waals surface area contributed by atoms with E-state index in [1.807, 2.05) is 12.1 Å². The number of benzene rings is 2. The molecule has 0 aliphatic heterocycles. The third-order valence-corrected chi connectivity index (χ3v) is 6.26. The summed E-state index contributed by atoms with van der Waals surface area (Å²) in [6.45, 7) is 5.61. The Bertz CT molecular complexity index is 1050. The molecule has 0 N–H and O–H groups in total. The minimum Gasteiger partial charge on any atom is -0.424 e. The highest BCUT2D eigenvalue weighted by atomic mass is 19.1. The number of halogens is 1. The topological polar surface area (TPSA) is 52.1 Å². The van der Waals surface area contributed by atoms with Crippen molar-refractivity contribution in [2.75, 3.05) is 0 Å². The quantitative estimate of drug-likeness (QED) is 0.142. The fourth-order valence-electron chi connectivity index (χ4n) is 3.94. The molecule has 1 aromatic heterocycles. The zero-order valence-electron chi connectivity index (χ0n) is 21.2. The highest BCUT2D eigenvalue weighted by molar-refractivity contribution is 5.81. The Morgan fingerprint density at radius 2 is 1.40 bits per heavy atom. The molecule has 35 heavy (non-hydrogen) atoms. The van der Waals surface area contributed by atoms with Gasteiger partial charge in [0.05, 0.1) is 0 Å². The minimum atomic E-state index is -1.98. The predicted molar refractivity (Wildman–Crippen MR) is 140 cm³/mol. The standard InChI is InChI=1S/C30H37FN2O2/c1-4-6-8-10-20-30(3,31)29(34)35-27-18-16-24(17-19-27)26-21-32-28(33-22-26)25-14-12-23(13-15-25)11-9-7-5-2/h12-19,21-22H,4-11,20H2,1-3H3. The lowest BCUT2D eigenvalue weighted by atomic mass is 10.00. The maximum atomic E-state index is 14.7. The van der Waals surface area contributed by atoms with Gasteiger partial charge in [0.2, 0.25) is 5.67 Å². The molecule has 0 saturated heterocycles. The maximum absolute atomic E-state index is 14.7. The van der Waals surface area contributed by atoms with Gasteiger partial charge in [-0.15, -0.1) is 0 Å². The number of carbonyl (C=O) groups is 1. The van der Waals surface area contributed by atoms with Crippen molar-refractivity contribution in [2.24, 2.45) is 0 Å². The van der Waals surface area contributed by atoms with Crippen LogP contribution in [0.3, 0.4) is 0 Å². The van der Waals surface area contributed by atoms with E-state index in [2.05, 4.69) is 48.1 Å². The molecule has 5 heteroatoms. The smallest absolute Gasteiger partial charge is 0.348 e. The van der Waals surface area contributed by atoms with Crippen molar-refractivity contribution in [3.63, 3.8) is 0 Å². The first-order chi connectivity index (χ1) is 16.9. The number of carbonyl (C=O) groups excluding carboxylic acids is 1. The number of unbranched alkanes of at least 4 members (excludes halogenated alkanes) is 5. The van der Waals surface area contributed by atoms with Crippen LogP contribution in [-0.4, -0.2) is 21.6 Å². The third-order valence-electron chi connectivity index (χ3n) is 6.26. The summed E-state index contributed by atoms with van der Waals surface area (Å²) in [6, 6.07) is 15.4. The van der Waals surface area contributed by atoms with E-state index in [1.54, 1.807) is 24.5 Å². The van der Waals surface area contributed by atoms with Crippen LogP contribution in [0.2, 0.25) is 0 Å². The van der Waals surface area contributed by atoms with Crippen LogP contribution in [0.15, 0.2) is 60.9 Å². The maximum Gasteiger partial charge on any atom is 0.348 e. The highest BCUT2D eigenvalue weighted by Crippen LogP contribution is 2.26. The van der Waals surface area contributed by atoms with Crippen LogP contribution in [0.25, 0.3) is 22.5 Å². The molecular formula is C30H37FN2O2. The van der Waals surface area contributed by atoms with E-state index in [0.29, 0.717) is 18.0 Å². The molecule has 0 aliphatic carbocycles. The first-order valence-corrected chi connectivity index (χ1v) is 12.9. The number of rotatable bonds is 13. The number of alkyl halides is 1. The van der Waals surface area contributed by atoms with E-state index < -0.39 is 11.6 Å². The molecule has 186 valence electrons. The summed E-state index contributed by atoms with van der Waals surface area (Å²) in [7, 11) is 0. The van der Waals surface area contributed by atoms with Crippen molar-refractivity contribution >= 4 is 5.97 Å². The van der Waals surface area contributed by atoms with Crippen molar-refractivity contribution in [1.82, 2.24) is 9.97 Å². The predicted octanol–water partition coefficient (Wildman–Crippen LogP) is 8.15. The molecule has 0 aliphatic rings. The van der Waals surface area contributed by atoms with Gasteiger partial charge in [0.15, 0.2) is 5.82 Å². The number of ether oxygens (including phenoxy) is 1. The van der Waals surface area contributed by atoms with Gasteiger partial charge >= 0.3 is 5.97 Å². The van der Waals surface area contributed by atoms with Gasteiger partial charge in [-0.05, 0) is 55.9 Å². The zero-order chi connectivity index (χ0) is 25.1. The first-order valence-electron chi connectivity index (χ1n) is 12.9. The Hall–Kier alpha value is -3.08. The average Bonchev–Trinajstić information content (AvgIpc) is 2.88. The van der Waals surface area contributed by atoms with E-state index >= 15 is 0 Å². The van der Waals surface area contributed by atoms with Crippen LogP contribution >= 0.6 is 0 Å². The molecule has 1 unspecified atom stereocenters. The number of aryl methyl sites for hydroxylation is 1. The molecule has 4 nitrogen and oxygen atoms in total.